The SMILES string of the molecule is Cc1ccc(NC(=S)Nc2ccc(CC#N)cc2)cc1F. The van der Waals surface area contributed by atoms with Crippen LogP contribution in [-0.2, 0) is 6.42 Å². The predicted octanol–water partition coefficient (Wildman–Crippen LogP) is 4.01. The van der Waals surface area contributed by atoms with Gasteiger partial charge in [-0.15, -0.1) is 0 Å². The van der Waals surface area contributed by atoms with Crippen LogP contribution < -0.4 is 10.6 Å². The minimum absolute atomic E-state index is 0.274. The number of hydrogen-bond donors (Lipinski definition) is 2. The quantitative estimate of drug-likeness (QED) is 0.841. The van der Waals surface area contributed by atoms with Crippen LogP contribution in [0.2, 0.25) is 0 Å². The van der Waals surface area contributed by atoms with Crippen molar-refractivity contribution < 1.29 is 4.39 Å². The second kappa shape index (κ2) is 6.82. The zero-order valence-electron chi connectivity index (χ0n) is 11.5. The van der Waals surface area contributed by atoms with Gasteiger partial charge in [-0.05, 0) is 54.5 Å². The molecule has 0 bridgehead atoms. The van der Waals surface area contributed by atoms with Crippen LogP contribution in [0.4, 0.5) is 15.8 Å². The van der Waals surface area contributed by atoms with Crippen molar-refractivity contribution in [2.24, 2.45) is 0 Å². The number of thiocarbonyl (C=S) groups is 1. The molecule has 2 N–H and O–H groups in total. The molecule has 0 aromatic heterocycles. The Hall–Kier alpha value is -2.45. The third-order valence-electron chi connectivity index (χ3n) is 2.92. The lowest BCUT2D eigenvalue weighted by Gasteiger charge is -2.11. The van der Waals surface area contributed by atoms with Gasteiger partial charge >= 0.3 is 0 Å². The minimum atomic E-state index is -0.274. The van der Waals surface area contributed by atoms with Crippen LogP contribution in [0.15, 0.2) is 42.5 Å². The molecular formula is C16H14FN3S. The van der Waals surface area contributed by atoms with Crippen LogP contribution in [0.1, 0.15) is 11.1 Å². The first-order valence-electron chi connectivity index (χ1n) is 6.38. The van der Waals surface area contributed by atoms with Crippen LogP contribution in [-0.4, -0.2) is 5.11 Å². The molecule has 106 valence electrons. The van der Waals surface area contributed by atoms with Crippen molar-refractivity contribution in [3.05, 3.63) is 59.4 Å². The van der Waals surface area contributed by atoms with Crippen molar-refractivity contribution >= 4 is 28.7 Å². The summed E-state index contributed by atoms with van der Waals surface area (Å²) in [5.41, 5.74) is 2.94. The number of rotatable bonds is 3. The summed E-state index contributed by atoms with van der Waals surface area (Å²) in [6.45, 7) is 1.71. The van der Waals surface area contributed by atoms with E-state index >= 15 is 0 Å². The highest BCUT2D eigenvalue weighted by atomic mass is 32.1. The molecule has 2 rings (SSSR count). The van der Waals surface area contributed by atoms with Gasteiger partial charge in [0.15, 0.2) is 5.11 Å². The first kappa shape index (κ1) is 14.9. The lowest BCUT2D eigenvalue weighted by Crippen LogP contribution is -2.19. The van der Waals surface area contributed by atoms with Gasteiger partial charge in [-0.1, -0.05) is 18.2 Å². The minimum Gasteiger partial charge on any atom is -0.332 e. The summed E-state index contributed by atoms with van der Waals surface area (Å²) in [4.78, 5) is 0. The van der Waals surface area contributed by atoms with Crippen molar-refractivity contribution in [2.75, 3.05) is 10.6 Å². The van der Waals surface area contributed by atoms with Gasteiger partial charge in [0.2, 0.25) is 0 Å². The van der Waals surface area contributed by atoms with Gasteiger partial charge in [-0.2, -0.15) is 5.26 Å². The molecular weight excluding hydrogens is 285 g/mol. The second-order valence-electron chi connectivity index (χ2n) is 4.57. The van der Waals surface area contributed by atoms with Gasteiger partial charge in [0.25, 0.3) is 0 Å². The van der Waals surface area contributed by atoms with E-state index < -0.39 is 0 Å². The number of halogens is 1. The van der Waals surface area contributed by atoms with Gasteiger partial charge < -0.3 is 10.6 Å². The number of hydrogen-bond acceptors (Lipinski definition) is 2. The molecule has 2 aromatic carbocycles. The number of nitrogens with zero attached hydrogens (tertiary/aromatic N) is 1. The molecule has 0 unspecified atom stereocenters. The van der Waals surface area contributed by atoms with E-state index in [4.69, 9.17) is 17.5 Å². The topological polar surface area (TPSA) is 47.8 Å². The largest absolute Gasteiger partial charge is 0.332 e. The summed E-state index contributed by atoms with van der Waals surface area (Å²) in [5, 5.41) is 14.9. The molecule has 2 aromatic rings. The smallest absolute Gasteiger partial charge is 0.175 e. The highest BCUT2D eigenvalue weighted by molar-refractivity contribution is 7.80. The lowest BCUT2D eigenvalue weighted by molar-refractivity contribution is 0.619. The van der Waals surface area contributed by atoms with E-state index in [0.717, 1.165) is 11.3 Å². The molecule has 0 atom stereocenters. The van der Waals surface area contributed by atoms with Gasteiger partial charge in [-0.25, -0.2) is 4.39 Å². The van der Waals surface area contributed by atoms with Gasteiger partial charge in [0.05, 0.1) is 12.5 Å². The molecule has 0 amide bonds. The second-order valence-corrected chi connectivity index (χ2v) is 4.98. The maximum Gasteiger partial charge on any atom is 0.175 e. The normalized spacial score (nSPS) is 9.76. The predicted molar refractivity (Wildman–Crippen MR) is 86.7 cm³/mol. The molecule has 0 aliphatic rings. The van der Waals surface area contributed by atoms with E-state index in [-0.39, 0.29) is 5.82 Å². The fourth-order valence-electron chi connectivity index (χ4n) is 1.76. The number of anilines is 2. The van der Waals surface area contributed by atoms with Crippen LogP contribution in [0.5, 0.6) is 0 Å². The third kappa shape index (κ3) is 4.26. The monoisotopic (exact) mass is 299 g/mol. The van der Waals surface area contributed by atoms with Crippen molar-refractivity contribution in [3.8, 4) is 6.07 Å². The molecule has 3 nitrogen and oxygen atoms in total. The summed E-state index contributed by atoms with van der Waals surface area (Å²) >= 11 is 5.18. The molecule has 0 aliphatic carbocycles. The Morgan fingerprint density at radius 1 is 1.14 bits per heavy atom. The van der Waals surface area contributed by atoms with Crippen LogP contribution >= 0.6 is 12.2 Å². The fourth-order valence-corrected chi connectivity index (χ4v) is 2.00. The van der Waals surface area contributed by atoms with E-state index in [1.807, 2.05) is 24.3 Å². The molecule has 0 aliphatic heterocycles. The van der Waals surface area contributed by atoms with Crippen molar-refractivity contribution in [1.82, 2.24) is 0 Å². The summed E-state index contributed by atoms with van der Waals surface area (Å²) < 4.78 is 13.4. The number of aryl methyl sites for hydroxylation is 1. The van der Waals surface area contributed by atoms with E-state index in [1.54, 1.807) is 19.1 Å². The molecule has 0 saturated carbocycles. The van der Waals surface area contributed by atoms with E-state index in [2.05, 4.69) is 16.7 Å². The molecule has 0 heterocycles. The summed E-state index contributed by atoms with van der Waals surface area (Å²) in [6, 6.07) is 14.4. The van der Waals surface area contributed by atoms with E-state index in [1.165, 1.54) is 6.07 Å². The van der Waals surface area contributed by atoms with E-state index in [0.29, 0.717) is 22.8 Å². The highest BCUT2D eigenvalue weighted by Gasteiger charge is 2.02. The van der Waals surface area contributed by atoms with Gasteiger partial charge in [-0.3, -0.25) is 0 Å². The number of nitriles is 1. The average molecular weight is 299 g/mol. The first-order valence-corrected chi connectivity index (χ1v) is 6.79. The van der Waals surface area contributed by atoms with Crippen LogP contribution in [0.25, 0.3) is 0 Å². The summed E-state index contributed by atoms with van der Waals surface area (Å²) in [5.74, 6) is -0.274. The van der Waals surface area contributed by atoms with Gasteiger partial charge in [0, 0.05) is 11.4 Å². The van der Waals surface area contributed by atoms with Crippen LogP contribution in [0.3, 0.4) is 0 Å². The van der Waals surface area contributed by atoms with Crippen LogP contribution in [0, 0.1) is 24.1 Å². The number of nitrogens with one attached hydrogen (secondary N) is 2. The molecule has 0 saturated heterocycles. The van der Waals surface area contributed by atoms with Crippen molar-refractivity contribution in [2.45, 2.75) is 13.3 Å². The Bertz CT molecular complexity index is 690. The Balaban J connectivity index is 1.98. The fraction of sp³-hybridized carbons (Fsp3) is 0.125. The maximum atomic E-state index is 13.4. The standard InChI is InChI=1S/C16H14FN3S/c1-11-2-5-14(10-15(11)17)20-16(21)19-13-6-3-12(4-7-13)8-9-18/h2-7,10H,8H2,1H3,(H2,19,20,21). The van der Waals surface area contributed by atoms with Gasteiger partial charge in [0.1, 0.15) is 5.82 Å². The zero-order valence-corrected chi connectivity index (χ0v) is 12.3. The maximum absolute atomic E-state index is 13.4. The van der Waals surface area contributed by atoms with Crippen molar-refractivity contribution in [3.63, 3.8) is 0 Å². The third-order valence-corrected chi connectivity index (χ3v) is 3.13. The Morgan fingerprint density at radius 3 is 2.38 bits per heavy atom. The summed E-state index contributed by atoms with van der Waals surface area (Å²) in [7, 11) is 0. The Morgan fingerprint density at radius 2 is 1.76 bits per heavy atom. The Labute approximate surface area is 128 Å². The highest BCUT2D eigenvalue weighted by Crippen LogP contribution is 2.15. The molecule has 0 radical (unpaired) electrons. The van der Waals surface area contributed by atoms with Crippen molar-refractivity contribution in [1.29, 1.82) is 5.26 Å². The molecule has 0 fully saturated rings. The zero-order chi connectivity index (χ0) is 15.2. The molecule has 5 heteroatoms. The van der Waals surface area contributed by atoms with E-state index in [9.17, 15) is 4.39 Å². The average Bonchev–Trinajstić information content (AvgIpc) is 2.45. The Kier molecular flexibility index (Phi) is 4.85. The molecule has 0 spiro atoms. The first-order chi connectivity index (χ1) is 10.1. The number of benzene rings is 2. The lowest BCUT2D eigenvalue weighted by atomic mass is 10.1. The summed E-state index contributed by atoms with van der Waals surface area (Å²) in [6.07, 6.45) is 0.381. The molecule has 21 heavy (non-hydrogen) atoms.